The number of aromatic nitrogens is 1. The maximum Gasteiger partial charge on any atom is 0.294 e. The van der Waals surface area contributed by atoms with Gasteiger partial charge in [0.1, 0.15) is 11.2 Å². The molecule has 1 fully saturated rings. The summed E-state index contributed by atoms with van der Waals surface area (Å²) < 4.78 is 21.9. The van der Waals surface area contributed by atoms with Crippen molar-refractivity contribution >= 4 is 34.9 Å². The van der Waals surface area contributed by atoms with Crippen molar-refractivity contribution in [2.45, 2.75) is 44.0 Å². The summed E-state index contributed by atoms with van der Waals surface area (Å²) in [5, 5.41) is 53.0. The molecule has 2 aromatic carbocycles. The molecule has 40 heavy (non-hydrogen) atoms. The highest BCUT2D eigenvalue weighted by molar-refractivity contribution is 6.30. The Morgan fingerprint density at radius 2 is 1.68 bits per heavy atom. The fourth-order valence-electron chi connectivity index (χ4n) is 5.04. The van der Waals surface area contributed by atoms with E-state index < -0.39 is 52.7 Å². The number of rotatable bonds is 8. The summed E-state index contributed by atoms with van der Waals surface area (Å²) in [7, 11) is 0. The summed E-state index contributed by atoms with van der Waals surface area (Å²) in [4.78, 5) is 31.2. The van der Waals surface area contributed by atoms with Crippen molar-refractivity contribution in [2.24, 2.45) is 5.41 Å². The molecule has 10 nitrogen and oxygen atoms in total. The summed E-state index contributed by atoms with van der Waals surface area (Å²) in [5.41, 5.74) is -5.65. The van der Waals surface area contributed by atoms with E-state index in [4.69, 9.17) is 27.9 Å². The third-order valence-electron chi connectivity index (χ3n) is 7.34. The summed E-state index contributed by atoms with van der Waals surface area (Å²) in [5.74, 6) is -9.67. The Morgan fingerprint density at radius 1 is 1.05 bits per heavy atom. The summed E-state index contributed by atoms with van der Waals surface area (Å²) in [6.45, 7) is 0.791. The van der Waals surface area contributed by atoms with Crippen LogP contribution in [0.3, 0.4) is 0 Å². The predicted molar refractivity (Wildman–Crippen MR) is 137 cm³/mol. The second kappa shape index (κ2) is 9.54. The second-order valence-corrected chi connectivity index (χ2v) is 10.7. The van der Waals surface area contributed by atoms with Crippen LogP contribution in [0.2, 0.25) is 10.0 Å². The van der Waals surface area contributed by atoms with Crippen LogP contribution in [-0.4, -0.2) is 59.1 Å². The SMILES string of the molecule is CC(=O)c1cc(F)c2c(c1)C(=O)N(Cc1ccc(Cl)cn1)C2(OC(O)(O)C1(C(O)(O)O)CC1)c1ccc(Cl)cc1. The molecule has 1 aromatic heterocycles. The minimum Gasteiger partial charge on any atom is -0.343 e. The normalized spacial score (nSPS) is 20.0. The van der Waals surface area contributed by atoms with Gasteiger partial charge in [-0.2, -0.15) is 0 Å². The number of pyridine rings is 1. The zero-order valence-corrected chi connectivity index (χ0v) is 22.3. The highest BCUT2D eigenvalue weighted by atomic mass is 35.5. The minimum absolute atomic E-state index is 0.0184. The number of carbonyl (C=O) groups is 2. The first kappa shape index (κ1) is 28.5. The molecule has 0 spiro atoms. The molecule has 5 N–H and O–H groups in total. The van der Waals surface area contributed by atoms with Crippen LogP contribution in [0.5, 0.6) is 0 Å². The molecule has 1 saturated carbocycles. The Labute approximate surface area is 236 Å². The van der Waals surface area contributed by atoms with Gasteiger partial charge in [0, 0.05) is 22.3 Å². The molecule has 1 amide bonds. The Bertz CT molecular complexity index is 1500. The average molecular weight is 593 g/mol. The monoisotopic (exact) mass is 592 g/mol. The van der Waals surface area contributed by atoms with Crippen LogP contribution in [0.15, 0.2) is 54.7 Å². The van der Waals surface area contributed by atoms with Crippen molar-refractivity contribution < 1.29 is 44.2 Å². The van der Waals surface area contributed by atoms with Gasteiger partial charge in [-0.25, -0.2) is 4.39 Å². The smallest absolute Gasteiger partial charge is 0.294 e. The Hall–Kier alpha value is -3.00. The average Bonchev–Trinajstić information content (AvgIpc) is 3.67. The number of ether oxygens (including phenoxy) is 1. The molecule has 13 heteroatoms. The van der Waals surface area contributed by atoms with Gasteiger partial charge in [0.05, 0.1) is 28.4 Å². The molecule has 0 bridgehead atoms. The molecule has 5 rings (SSSR count). The van der Waals surface area contributed by atoms with Crippen molar-refractivity contribution in [1.29, 1.82) is 0 Å². The van der Waals surface area contributed by atoms with E-state index in [1.54, 1.807) is 0 Å². The number of nitrogens with zero attached hydrogens (tertiary/aromatic N) is 2. The van der Waals surface area contributed by atoms with E-state index in [0.717, 1.165) is 17.0 Å². The minimum atomic E-state index is -3.62. The van der Waals surface area contributed by atoms with Crippen molar-refractivity contribution in [3.63, 3.8) is 0 Å². The predicted octanol–water partition coefficient (Wildman–Crippen LogP) is 2.65. The first-order valence-electron chi connectivity index (χ1n) is 12.0. The number of carbonyl (C=O) groups excluding carboxylic acids is 2. The van der Waals surface area contributed by atoms with Crippen molar-refractivity contribution in [3.05, 3.63) is 98.5 Å². The number of aliphatic hydroxyl groups is 5. The van der Waals surface area contributed by atoms with Crippen molar-refractivity contribution in [3.8, 4) is 0 Å². The fourth-order valence-corrected chi connectivity index (χ4v) is 5.28. The van der Waals surface area contributed by atoms with E-state index in [9.17, 15) is 35.1 Å². The molecule has 2 aliphatic rings. The Morgan fingerprint density at radius 3 is 2.20 bits per heavy atom. The molecule has 3 aromatic rings. The van der Waals surface area contributed by atoms with Crippen LogP contribution in [0.25, 0.3) is 0 Å². The highest BCUT2D eigenvalue weighted by Gasteiger charge is 2.74. The number of hydrogen-bond donors (Lipinski definition) is 5. The number of Topliss-reactive ketones (excluding diaryl/α,β-unsaturated/α-hetero) is 1. The van der Waals surface area contributed by atoms with Gasteiger partial charge in [0.15, 0.2) is 5.78 Å². The van der Waals surface area contributed by atoms with Crippen LogP contribution in [0.4, 0.5) is 4.39 Å². The number of amides is 1. The van der Waals surface area contributed by atoms with Gasteiger partial charge < -0.3 is 25.5 Å². The van der Waals surface area contributed by atoms with E-state index in [1.807, 2.05) is 0 Å². The van der Waals surface area contributed by atoms with Crippen LogP contribution < -0.4 is 0 Å². The third-order valence-corrected chi connectivity index (χ3v) is 7.82. The van der Waals surface area contributed by atoms with E-state index in [-0.39, 0.29) is 40.2 Å². The molecule has 0 radical (unpaired) electrons. The molecule has 1 unspecified atom stereocenters. The van der Waals surface area contributed by atoms with E-state index in [1.165, 1.54) is 49.5 Å². The zero-order chi connectivity index (χ0) is 29.3. The maximum atomic E-state index is 16.0. The topological polar surface area (TPSA) is 161 Å². The van der Waals surface area contributed by atoms with E-state index in [0.29, 0.717) is 5.02 Å². The Kier molecular flexibility index (Phi) is 6.80. The quantitative estimate of drug-likeness (QED) is 0.195. The summed E-state index contributed by atoms with van der Waals surface area (Å²) >= 11 is 12.0. The number of fused-ring (bicyclic) bond motifs is 1. The van der Waals surface area contributed by atoms with Crippen molar-refractivity contribution in [1.82, 2.24) is 9.88 Å². The van der Waals surface area contributed by atoms with Gasteiger partial charge in [-0.1, -0.05) is 35.3 Å². The maximum absolute atomic E-state index is 16.0. The molecular formula is C27H23Cl2FN2O8. The number of hydrogen-bond acceptors (Lipinski definition) is 9. The van der Waals surface area contributed by atoms with E-state index in [2.05, 4.69) is 4.98 Å². The molecule has 1 aliphatic heterocycles. The molecule has 210 valence electrons. The number of ketones is 1. The van der Waals surface area contributed by atoms with Crippen LogP contribution >= 0.6 is 23.2 Å². The first-order chi connectivity index (χ1) is 18.6. The molecule has 0 saturated heterocycles. The zero-order valence-electron chi connectivity index (χ0n) is 20.8. The summed E-state index contributed by atoms with van der Waals surface area (Å²) in [6.07, 6.45) is 0.681. The second-order valence-electron chi connectivity index (χ2n) is 9.87. The highest BCUT2D eigenvalue weighted by Crippen LogP contribution is 2.62. The Balaban J connectivity index is 1.81. The van der Waals surface area contributed by atoms with Gasteiger partial charge in [-0.3, -0.25) is 24.2 Å². The molecule has 1 aliphatic carbocycles. The lowest BCUT2D eigenvalue weighted by atomic mass is 9.90. The largest absolute Gasteiger partial charge is 0.343 e. The molecule has 2 heterocycles. The van der Waals surface area contributed by atoms with Gasteiger partial charge in [0.2, 0.25) is 5.72 Å². The van der Waals surface area contributed by atoms with Crippen LogP contribution in [0, 0.1) is 11.2 Å². The van der Waals surface area contributed by atoms with Crippen molar-refractivity contribution in [2.75, 3.05) is 0 Å². The van der Waals surface area contributed by atoms with Crippen LogP contribution in [0.1, 0.15) is 57.3 Å². The van der Waals surface area contributed by atoms with Gasteiger partial charge in [-0.05, 0) is 56.2 Å². The first-order valence-corrected chi connectivity index (χ1v) is 12.7. The number of halogens is 3. The fraction of sp³-hybridized carbons (Fsp3) is 0.296. The standard InChI is InChI=1S/C27H23Cl2FN2O8/c1-14(33)15-10-20-22(21(30)11-15)25(16-2-4-17(28)5-3-16,40-27(38,39)24(8-9-24)26(35,36)37)32(23(20)34)13-19-7-6-18(29)12-31-19/h2-7,10-12,35-39H,8-9,13H2,1H3. The van der Waals surface area contributed by atoms with E-state index >= 15 is 4.39 Å². The van der Waals surface area contributed by atoms with Gasteiger partial charge in [0.25, 0.3) is 17.9 Å². The molecule has 1 atom stereocenters. The summed E-state index contributed by atoms with van der Waals surface area (Å²) in [6, 6.07) is 10.5. The lowest BCUT2D eigenvalue weighted by molar-refractivity contribution is -0.484. The van der Waals surface area contributed by atoms with Gasteiger partial charge in [-0.15, -0.1) is 0 Å². The van der Waals surface area contributed by atoms with Gasteiger partial charge >= 0.3 is 0 Å². The van der Waals surface area contributed by atoms with Crippen LogP contribution in [-0.2, 0) is 17.0 Å². The third kappa shape index (κ3) is 4.39. The lowest BCUT2D eigenvalue weighted by Gasteiger charge is -2.46. The number of benzene rings is 2. The molecular weight excluding hydrogens is 570 g/mol. The lowest BCUT2D eigenvalue weighted by Crippen LogP contribution is -2.61.